The van der Waals surface area contributed by atoms with Crippen LogP contribution in [0.3, 0.4) is 0 Å². The second kappa shape index (κ2) is 5.64. The SMILES string of the molecule is CCC(C)(CO)NCc1ccc(C#N)cc1. The maximum atomic E-state index is 9.24. The van der Waals surface area contributed by atoms with E-state index in [0.717, 1.165) is 12.0 Å². The van der Waals surface area contributed by atoms with Crippen molar-refractivity contribution in [1.29, 1.82) is 5.26 Å². The molecule has 1 rings (SSSR count). The van der Waals surface area contributed by atoms with Gasteiger partial charge in [0.05, 0.1) is 18.2 Å². The van der Waals surface area contributed by atoms with Gasteiger partial charge >= 0.3 is 0 Å². The molecule has 1 atom stereocenters. The lowest BCUT2D eigenvalue weighted by Gasteiger charge is -2.27. The van der Waals surface area contributed by atoms with Crippen molar-refractivity contribution in [2.24, 2.45) is 0 Å². The second-order valence-electron chi connectivity index (χ2n) is 4.23. The Kier molecular flexibility index (Phi) is 4.48. The summed E-state index contributed by atoms with van der Waals surface area (Å²) in [6.45, 7) is 4.87. The van der Waals surface area contributed by atoms with E-state index in [4.69, 9.17) is 5.26 Å². The Bertz CT molecular complexity index is 361. The third-order valence-electron chi connectivity index (χ3n) is 2.93. The molecule has 0 saturated heterocycles. The average molecular weight is 218 g/mol. The number of aliphatic hydroxyl groups excluding tert-OH is 1. The molecule has 1 aromatic carbocycles. The van der Waals surface area contributed by atoms with Gasteiger partial charge in [0.2, 0.25) is 0 Å². The third-order valence-corrected chi connectivity index (χ3v) is 2.93. The summed E-state index contributed by atoms with van der Waals surface area (Å²) in [7, 11) is 0. The molecule has 0 heterocycles. The number of hydrogen-bond donors (Lipinski definition) is 2. The van der Waals surface area contributed by atoms with Crippen LogP contribution in [0.2, 0.25) is 0 Å². The van der Waals surface area contributed by atoms with Crippen LogP contribution in [0.15, 0.2) is 24.3 Å². The molecular formula is C13H18N2O. The predicted molar refractivity (Wildman–Crippen MR) is 63.8 cm³/mol. The first-order valence-corrected chi connectivity index (χ1v) is 5.48. The van der Waals surface area contributed by atoms with Gasteiger partial charge in [0.15, 0.2) is 0 Å². The van der Waals surface area contributed by atoms with Gasteiger partial charge in [-0.05, 0) is 31.0 Å². The highest BCUT2D eigenvalue weighted by atomic mass is 16.3. The fourth-order valence-corrected chi connectivity index (χ4v) is 1.31. The van der Waals surface area contributed by atoms with Crippen LogP contribution in [0.25, 0.3) is 0 Å². The first-order valence-electron chi connectivity index (χ1n) is 5.48. The second-order valence-corrected chi connectivity index (χ2v) is 4.23. The highest BCUT2D eigenvalue weighted by Crippen LogP contribution is 2.10. The number of nitriles is 1. The van der Waals surface area contributed by atoms with Crippen molar-refractivity contribution in [2.75, 3.05) is 6.61 Å². The van der Waals surface area contributed by atoms with Crippen molar-refractivity contribution < 1.29 is 5.11 Å². The molecule has 0 aromatic heterocycles. The van der Waals surface area contributed by atoms with Gasteiger partial charge in [0, 0.05) is 12.1 Å². The fourth-order valence-electron chi connectivity index (χ4n) is 1.31. The van der Waals surface area contributed by atoms with E-state index in [1.807, 2.05) is 26.0 Å². The molecule has 0 bridgehead atoms. The molecule has 0 aliphatic carbocycles. The molecule has 0 amide bonds. The number of aliphatic hydroxyl groups is 1. The summed E-state index contributed by atoms with van der Waals surface area (Å²) in [6, 6.07) is 9.56. The summed E-state index contributed by atoms with van der Waals surface area (Å²) < 4.78 is 0. The van der Waals surface area contributed by atoms with E-state index in [9.17, 15) is 5.11 Å². The zero-order valence-electron chi connectivity index (χ0n) is 9.83. The molecule has 1 unspecified atom stereocenters. The van der Waals surface area contributed by atoms with Gasteiger partial charge in [-0.2, -0.15) is 5.26 Å². The van der Waals surface area contributed by atoms with E-state index < -0.39 is 0 Å². The lowest BCUT2D eigenvalue weighted by Crippen LogP contribution is -2.44. The lowest BCUT2D eigenvalue weighted by atomic mass is 10.00. The van der Waals surface area contributed by atoms with Crippen LogP contribution in [0, 0.1) is 11.3 Å². The van der Waals surface area contributed by atoms with Crippen molar-refractivity contribution in [2.45, 2.75) is 32.4 Å². The van der Waals surface area contributed by atoms with E-state index in [2.05, 4.69) is 11.4 Å². The highest BCUT2D eigenvalue weighted by Gasteiger charge is 2.19. The maximum absolute atomic E-state index is 9.24. The molecule has 3 heteroatoms. The summed E-state index contributed by atoms with van der Waals surface area (Å²) in [6.07, 6.45) is 0.875. The normalized spacial score (nSPS) is 14.1. The number of rotatable bonds is 5. The maximum Gasteiger partial charge on any atom is 0.0991 e. The van der Waals surface area contributed by atoms with Gasteiger partial charge in [0.1, 0.15) is 0 Å². The van der Waals surface area contributed by atoms with Gasteiger partial charge in [-0.1, -0.05) is 19.1 Å². The largest absolute Gasteiger partial charge is 0.394 e. The number of nitrogens with zero attached hydrogens (tertiary/aromatic N) is 1. The molecule has 0 fully saturated rings. The predicted octanol–water partition coefficient (Wildman–Crippen LogP) is 1.81. The number of hydrogen-bond acceptors (Lipinski definition) is 3. The van der Waals surface area contributed by atoms with Gasteiger partial charge < -0.3 is 10.4 Å². The Morgan fingerprint density at radius 2 is 2.00 bits per heavy atom. The van der Waals surface area contributed by atoms with Crippen LogP contribution >= 0.6 is 0 Å². The van der Waals surface area contributed by atoms with Crippen LogP contribution in [0.4, 0.5) is 0 Å². The van der Waals surface area contributed by atoms with E-state index in [0.29, 0.717) is 12.1 Å². The third kappa shape index (κ3) is 3.34. The van der Waals surface area contributed by atoms with Gasteiger partial charge in [-0.3, -0.25) is 0 Å². The first kappa shape index (κ1) is 12.7. The van der Waals surface area contributed by atoms with Crippen LogP contribution in [0.1, 0.15) is 31.4 Å². The zero-order valence-corrected chi connectivity index (χ0v) is 9.83. The minimum Gasteiger partial charge on any atom is -0.394 e. The van der Waals surface area contributed by atoms with Gasteiger partial charge in [-0.15, -0.1) is 0 Å². The summed E-state index contributed by atoms with van der Waals surface area (Å²) in [5, 5.41) is 21.2. The quantitative estimate of drug-likeness (QED) is 0.792. The molecule has 16 heavy (non-hydrogen) atoms. The van der Waals surface area contributed by atoms with Gasteiger partial charge in [-0.25, -0.2) is 0 Å². The Hall–Kier alpha value is -1.37. The van der Waals surface area contributed by atoms with Crippen molar-refractivity contribution >= 4 is 0 Å². The average Bonchev–Trinajstić information content (AvgIpc) is 2.36. The van der Waals surface area contributed by atoms with E-state index >= 15 is 0 Å². The minimum atomic E-state index is -0.228. The van der Waals surface area contributed by atoms with Crippen LogP contribution in [-0.4, -0.2) is 17.3 Å². The number of benzene rings is 1. The standard InChI is InChI=1S/C13H18N2O/c1-3-13(2,10-16)15-9-12-6-4-11(8-14)5-7-12/h4-7,15-16H,3,9-10H2,1-2H3. The molecule has 1 aromatic rings. The van der Waals surface area contributed by atoms with Crippen LogP contribution < -0.4 is 5.32 Å². The molecule has 0 aliphatic heterocycles. The topological polar surface area (TPSA) is 56.0 Å². The van der Waals surface area contributed by atoms with E-state index in [1.54, 1.807) is 12.1 Å². The summed E-state index contributed by atoms with van der Waals surface area (Å²) in [5.74, 6) is 0. The Morgan fingerprint density at radius 3 is 2.44 bits per heavy atom. The van der Waals surface area contributed by atoms with Gasteiger partial charge in [0.25, 0.3) is 0 Å². The van der Waals surface area contributed by atoms with Crippen LogP contribution in [0.5, 0.6) is 0 Å². The summed E-state index contributed by atoms with van der Waals surface area (Å²) in [5.41, 5.74) is 1.56. The molecule has 86 valence electrons. The molecule has 2 N–H and O–H groups in total. The summed E-state index contributed by atoms with van der Waals surface area (Å²) in [4.78, 5) is 0. The number of nitrogens with one attached hydrogen (secondary N) is 1. The van der Waals surface area contributed by atoms with E-state index in [1.165, 1.54) is 0 Å². The first-order chi connectivity index (χ1) is 7.63. The zero-order chi connectivity index (χ0) is 12.0. The Balaban J connectivity index is 2.58. The van der Waals surface area contributed by atoms with Crippen LogP contribution in [-0.2, 0) is 6.54 Å². The lowest BCUT2D eigenvalue weighted by molar-refractivity contribution is 0.169. The van der Waals surface area contributed by atoms with Crippen molar-refractivity contribution in [1.82, 2.24) is 5.32 Å². The van der Waals surface area contributed by atoms with Crippen molar-refractivity contribution in [3.63, 3.8) is 0 Å². The smallest absolute Gasteiger partial charge is 0.0991 e. The molecule has 3 nitrogen and oxygen atoms in total. The molecule has 0 saturated carbocycles. The molecular weight excluding hydrogens is 200 g/mol. The minimum absolute atomic E-state index is 0.125. The van der Waals surface area contributed by atoms with Crippen molar-refractivity contribution in [3.05, 3.63) is 35.4 Å². The molecule has 0 aliphatic rings. The Labute approximate surface area is 96.7 Å². The Morgan fingerprint density at radius 1 is 1.38 bits per heavy atom. The van der Waals surface area contributed by atoms with Crippen molar-refractivity contribution in [3.8, 4) is 6.07 Å². The van der Waals surface area contributed by atoms with E-state index in [-0.39, 0.29) is 12.1 Å². The highest BCUT2D eigenvalue weighted by molar-refractivity contribution is 5.31. The molecule has 0 radical (unpaired) electrons. The summed E-state index contributed by atoms with van der Waals surface area (Å²) >= 11 is 0. The fraction of sp³-hybridized carbons (Fsp3) is 0.462. The monoisotopic (exact) mass is 218 g/mol. The molecule has 0 spiro atoms.